The molecule has 2 N–H and O–H groups in total. The Balaban J connectivity index is 2.11. The number of anilines is 1. The summed E-state index contributed by atoms with van der Waals surface area (Å²) in [6.07, 6.45) is 6.61. The Labute approximate surface area is 153 Å². The van der Waals surface area contributed by atoms with Crippen molar-refractivity contribution in [1.82, 2.24) is 0 Å². The molecule has 0 radical (unpaired) electrons. The molecule has 0 aliphatic rings. The summed E-state index contributed by atoms with van der Waals surface area (Å²) in [5.41, 5.74) is 5.32. The lowest BCUT2D eigenvalue weighted by molar-refractivity contribution is -0.384. The molecule has 0 unspecified atom stereocenters. The van der Waals surface area contributed by atoms with Crippen molar-refractivity contribution in [3.63, 3.8) is 0 Å². The van der Waals surface area contributed by atoms with Crippen molar-refractivity contribution < 1.29 is 10.0 Å². The molecule has 0 spiro atoms. The van der Waals surface area contributed by atoms with E-state index in [0.717, 1.165) is 30.5 Å². The van der Waals surface area contributed by atoms with E-state index in [4.69, 9.17) is 0 Å². The van der Waals surface area contributed by atoms with E-state index in [-0.39, 0.29) is 11.4 Å². The van der Waals surface area contributed by atoms with E-state index < -0.39 is 4.92 Å². The van der Waals surface area contributed by atoms with E-state index in [0.29, 0.717) is 5.69 Å². The zero-order chi connectivity index (χ0) is 18.8. The molecule has 6 heteroatoms. The third-order valence-corrected chi connectivity index (χ3v) is 4.09. The number of nitro groups is 1. The van der Waals surface area contributed by atoms with Crippen LogP contribution in [0, 0.1) is 10.1 Å². The zero-order valence-corrected chi connectivity index (χ0v) is 15.0. The molecule has 0 aliphatic heterocycles. The molecule has 0 heterocycles. The fourth-order valence-corrected chi connectivity index (χ4v) is 2.64. The van der Waals surface area contributed by atoms with E-state index in [1.807, 2.05) is 12.1 Å². The topological polar surface area (TPSA) is 87.8 Å². The summed E-state index contributed by atoms with van der Waals surface area (Å²) in [6, 6.07) is 13.2. The second-order valence-electron chi connectivity index (χ2n) is 6.19. The number of phenolic OH excluding ortho intramolecular Hbond substituents is 1. The summed E-state index contributed by atoms with van der Waals surface area (Å²) >= 11 is 0. The van der Waals surface area contributed by atoms with Crippen molar-refractivity contribution >= 4 is 17.1 Å². The van der Waals surface area contributed by atoms with Gasteiger partial charge in [0.1, 0.15) is 5.75 Å². The quantitative estimate of drug-likeness (QED) is 0.256. The lowest BCUT2D eigenvalue weighted by Crippen LogP contribution is -2.05. The first-order valence-electron chi connectivity index (χ1n) is 8.96. The lowest BCUT2D eigenvalue weighted by atomic mass is 10.0. The second kappa shape index (κ2) is 10.2. The molecular formula is C20H25N3O3. The molecule has 138 valence electrons. The highest BCUT2D eigenvalue weighted by Gasteiger charge is 2.07. The average Bonchev–Trinajstić information content (AvgIpc) is 2.65. The van der Waals surface area contributed by atoms with Gasteiger partial charge in [-0.25, -0.2) is 0 Å². The van der Waals surface area contributed by atoms with E-state index in [9.17, 15) is 15.2 Å². The van der Waals surface area contributed by atoms with Crippen LogP contribution in [0.3, 0.4) is 0 Å². The number of hydrogen-bond donors (Lipinski definition) is 2. The van der Waals surface area contributed by atoms with Crippen LogP contribution >= 0.6 is 0 Å². The molecule has 0 fully saturated rings. The van der Waals surface area contributed by atoms with Gasteiger partial charge in [0.2, 0.25) is 0 Å². The molecule has 0 amide bonds. The molecule has 6 nitrogen and oxygen atoms in total. The molecular weight excluding hydrogens is 330 g/mol. The Morgan fingerprint density at radius 1 is 1.12 bits per heavy atom. The van der Waals surface area contributed by atoms with E-state index in [1.54, 1.807) is 24.3 Å². The Bertz CT molecular complexity index is 742. The highest BCUT2D eigenvalue weighted by molar-refractivity contribution is 6.01. The number of nitrogens with one attached hydrogen (secondary N) is 1. The Hall–Kier alpha value is -2.89. The fourth-order valence-electron chi connectivity index (χ4n) is 2.64. The number of unbranched alkanes of at least 4 members (excludes halogenated alkanes) is 4. The first-order valence-corrected chi connectivity index (χ1v) is 8.96. The van der Waals surface area contributed by atoms with Crippen LogP contribution in [0.25, 0.3) is 0 Å². The number of rotatable bonds is 10. The van der Waals surface area contributed by atoms with Crippen LogP contribution in [0.15, 0.2) is 53.6 Å². The molecule has 2 aromatic carbocycles. The minimum atomic E-state index is -0.427. The molecule has 2 rings (SSSR count). The van der Waals surface area contributed by atoms with Gasteiger partial charge in [-0.2, -0.15) is 5.10 Å². The van der Waals surface area contributed by atoms with Crippen molar-refractivity contribution in [1.29, 1.82) is 0 Å². The Morgan fingerprint density at radius 2 is 1.85 bits per heavy atom. The van der Waals surface area contributed by atoms with Crippen molar-refractivity contribution in [3.05, 3.63) is 64.2 Å². The van der Waals surface area contributed by atoms with E-state index in [2.05, 4.69) is 17.5 Å². The maximum absolute atomic E-state index is 10.9. The van der Waals surface area contributed by atoms with Gasteiger partial charge >= 0.3 is 0 Å². The summed E-state index contributed by atoms with van der Waals surface area (Å²) in [5.74, 6) is 0.211. The molecule has 0 atom stereocenters. The van der Waals surface area contributed by atoms with Crippen molar-refractivity contribution in [2.24, 2.45) is 5.10 Å². The largest absolute Gasteiger partial charge is 0.508 e. The van der Waals surface area contributed by atoms with Crippen LogP contribution in [-0.2, 0) is 0 Å². The molecule has 0 bridgehead atoms. The number of hydrazone groups is 1. The van der Waals surface area contributed by atoms with Gasteiger partial charge in [0.25, 0.3) is 5.69 Å². The summed E-state index contributed by atoms with van der Waals surface area (Å²) < 4.78 is 0. The Kier molecular flexibility index (Phi) is 7.61. The molecule has 0 saturated carbocycles. The van der Waals surface area contributed by atoms with Crippen LogP contribution in [0.1, 0.15) is 51.0 Å². The van der Waals surface area contributed by atoms with Gasteiger partial charge < -0.3 is 5.11 Å². The van der Waals surface area contributed by atoms with Crippen LogP contribution in [0.4, 0.5) is 11.4 Å². The first-order chi connectivity index (χ1) is 12.6. The smallest absolute Gasteiger partial charge is 0.271 e. The highest BCUT2D eigenvalue weighted by atomic mass is 16.6. The van der Waals surface area contributed by atoms with Crippen molar-refractivity contribution in [2.75, 3.05) is 5.43 Å². The van der Waals surface area contributed by atoms with E-state index in [1.165, 1.54) is 31.4 Å². The van der Waals surface area contributed by atoms with Crippen LogP contribution in [0.2, 0.25) is 0 Å². The predicted octanol–water partition coefficient (Wildman–Crippen LogP) is 5.48. The highest BCUT2D eigenvalue weighted by Crippen LogP contribution is 2.19. The monoisotopic (exact) mass is 355 g/mol. The summed E-state index contributed by atoms with van der Waals surface area (Å²) in [5, 5.41) is 24.8. The van der Waals surface area contributed by atoms with Gasteiger partial charge in [-0.05, 0) is 48.7 Å². The van der Waals surface area contributed by atoms with E-state index >= 15 is 0 Å². The van der Waals surface area contributed by atoms with Gasteiger partial charge in [0, 0.05) is 12.1 Å². The molecule has 0 saturated heterocycles. The minimum absolute atomic E-state index is 0.0240. The third kappa shape index (κ3) is 6.20. The number of hydrogen-bond acceptors (Lipinski definition) is 5. The molecule has 0 aliphatic carbocycles. The summed E-state index contributed by atoms with van der Waals surface area (Å²) in [6.45, 7) is 2.19. The lowest BCUT2D eigenvalue weighted by Gasteiger charge is -2.09. The number of nitrogens with zero attached hydrogens (tertiary/aromatic N) is 2. The number of non-ortho nitro benzene ring substituents is 1. The first kappa shape index (κ1) is 19.4. The SMILES string of the molecule is CCCCCCCC(=NNc1cccc([N+](=O)[O-])c1)c1ccc(O)cc1. The predicted molar refractivity (Wildman–Crippen MR) is 105 cm³/mol. The number of nitro benzene ring substituents is 1. The standard InChI is InChI=1S/C20H25N3O3/c1-2-3-4-5-6-10-20(16-11-13-19(24)14-12-16)22-21-17-8-7-9-18(15-17)23(25)26/h7-9,11-15,21,24H,2-6,10H2,1H3. The van der Waals surface area contributed by atoms with Gasteiger partial charge in [0.05, 0.1) is 16.3 Å². The number of benzene rings is 2. The van der Waals surface area contributed by atoms with Crippen LogP contribution in [-0.4, -0.2) is 15.7 Å². The van der Waals surface area contributed by atoms with Gasteiger partial charge in [-0.1, -0.05) is 38.7 Å². The molecule has 26 heavy (non-hydrogen) atoms. The van der Waals surface area contributed by atoms with Crippen LogP contribution in [0.5, 0.6) is 5.75 Å². The molecule has 0 aromatic heterocycles. The normalized spacial score (nSPS) is 11.3. The zero-order valence-electron chi connectivity index (χ0n) is 15.0. The van der Waals surface area contributed by atoms with Gasteiger partial charge in [-0.3, -0.25) is 15.5 Å². The number of phenols is 1. The summed E-state index contributed by atoms with van der Waals surface area (Å²) in [4.78, 5) is 10.5. The van der Waals surface area contributed by atoms with Crippen LogP contribution < -0.4 is 5.43 Å². The third-order valence-electron chi connectivity index (χ3n) is 4.09. The second-order valence-corrected chi connectivity index (χ2v) is 6.19. The van der Waals surface area contributed by atoms with Gasteiger partial charge in [0.15, 0.2) is 0 Å². The minimum Gasteiger partial charge on any atom is -0.508 e. The van der Waals surface area contributed by atoms with Crippen molar-refractivity contribution in [2.45, 2.75) is 45.4 Å². The summed E-state index contributed by atoms with van der Waals surface area (Å²) in [7, 11) is 0. The maximum atomic E-state index is 10.9. The van der Waals surface area contributed by atoms with Crippen molar-refractivity contribution in [3.8, 4) is 5.75 Å². The molecule has 2 aromatic rings. The number of aromatic hydroxyl groups is 1. The van der Waals surface area contributed by atoms with Gasteiger partial charge in [-0.15, -0.1) is 0 Å². The average molecular weight is 355 g/mol. The fraction of sp³-hybridized carbons (Fsp3) is 0.350. The Morgan fingerprint density at radius 3 is 2.54 bits per heavy atom. The maximum Gasteiger partial charge on any atom is 0.271 e.